The molecule has 8 nitrogen and oxygen atoms in total. The number of nitrogens with zero attached hydrogens (tertiary/aromatic N) is 4. The average Bonchev–Trinajstić information content (AvgIpc) is 2.88. The van der Waals surface area contributed by atoms with Gasteiger partial charge in [-0.3, -0.25) is 0 Å². The molecule has 1 N–H and O–H groups in total. The first-order chi connectivity index (χ1) is 9.96. The summed E-state index contributed by atoms with van der Waals surface area (Å²) in [4.78, 5) is 10.3. The molecule has 0 amide bonds. The Morgan fingerprint density at radius 3 is 2.52 bits per heavy atom. The first kappa shape index (κ1) is 15.0. The lowest BCUT2D eigenvalue weighted by Gasteiger charge is -2.05. The Kier molecular flexibility index (Phi) is 4.27. The number of hydrogen-bond acceptors (Lipinski definition) is 4. The third-order valence-corrected chi connectivity index (χ3v) is 4.00. The van der Waals surface area contributed by atoms with E-state index in [4.69, 9.17) is 10.3 Å². The zero-order valence-corrected chi connectivity index (χ0v) is 12.3. The normalized spacial score (nSPS) is 14.5. The maximum absolute atomic E-state index is 12.1. The minimum atomic E-state index is -3.90. The van der Waals surface area contributed by atoms with Gasteiger partial charge >= 0.3 is 5.84 Å². The van der Waals surface area contributed by atoms with Crippen molar-refractivity contribution < 1.29 is 17.9 Å². The average molecular weight is 307 g/mol. The molecule has 9 heteroatoms. The Labute approximate surface area is 121 Å². The highest BCUT2D eigenvalue weighted by Gasteiger charge is 2.36. The van der Waals surface area contributed by atoms with Gasteiger partial charge in [0.1, 0.15) is 5.75 Å². The van der Waals surface area contributed by atoms with Gasteiger partial charge in [-0.15, -0.1) is 0 Å². The van der Waals surface area contributed by atoms with Crippen molar-refractivity contribution >= 4 is 26.7 Å². The van der Waals surface area contributed by atoms with Gasteiger partial charge in [-0.1, -0.05) is 12.1 Å². The van der Waals surface area contributed by atoms with Gasteiger partial charge in [0.05, 0.1) is 7.11 Å². The van der Waals surface area contributed by atoms with E-state index < -0.39 is 15.1 Å². The summed E-state index contributed by atoms with van der Waals surface area (Å²) in [5, 5.41) is -0.393. The molecule has 1 aromatic rings. The van der Waals surface area contributed by atoms with Gasteiger partial charge in [-0.2, -0.15) is 4.99 Å². The van der Waals surface area contributed by atoms with Crippen molar-refractivity contribution in [2.45, 2.75) is 13.5 Å². The Morgan fingerprint density at radius 2 is 1.95 bits per heavy atom. The Bertz CT molecular complexity index is 759. The predicted octanol–water partition coefficient (Wildman–Crippen LogP) is 0.573. The maximum Gasteiger partial charge on any atom is 0.442 e. The second-order valence-electron chi connectivity index (χ2n) is 4.17. The first-order valence-electron chi connectivity index (χ1n) is 5.95. The van der Waals surface area contributed by atoms with Crippen LogP contribution in [-0.2, 0) is 16.6 Å². The fourth-order valence-corrected chi connectivity index (χ4v) is 2.73. The topological polar surface area (TPSA) is 117 Å². The standard InChI is InChI=1S/C12H13N5O3S/c1-8-15-11(17-13)12(16-8)21(18,19)14-7-9-3-5-10(20-2)6-4-9/h3-6,14H,7H2,1-2H3. The first-order valence-corrected chi connectivity index (χ1v) is 7.43. The quantitative estimate of drug-likeness (QED) is 0.647. The highest BCUT2D eigenvalue weighted by molar-refractivity contribution is 8.06. The van der Waals surface area contributed by atoms with Gasteiger partial charge < -0.3 is 15.1 Å². The minimum absolute atomic E-state index is 0.0725. The van der Waals surface area contributed by atoms with Crippen LogP contribution in [0.15, 0.2) is 34.3 Å². The molecule has 110 valence electrons. The van der Waals surface area contributed by atoms with Gasteiger partial charge in [0.2, 0.25) is 5.84 Å². The number of hydrogen-bond donors (Lipinski definition) is 1. The van der Waals surface area contributed by atoms with Crippen LogP contribution in [0.2, 0.25) is 0 Å². The largest absolute Gasteiger partial charge is 0.497 e. The number of methoxy groups -OCH3 is 1. The molecule has 0 aliphatic carbocycles. The number of amidine groups is 2. The smallest absolute Gasteiger partial charge is 0.442 e. The Balaban J connectivity index is 2.12. The molecule has 0 saturated heterocycles. The van der Waals surface area contributed by atoms with Gasteiger partial charge in [0, 0.05) is 13.5 Å². The van der Waals surface area contributed by atoms with Crippen LogP contribution in [0.3, 0.4) is 0 Å². The third-order valence-electron chi connectivity index (χ3n) is 2.70. The van der Waals surface area contributed by atoms with Crippen LogP contribution in [-0.4, -0.2) is 37.0 Å². The summed E-state index contributed by atoms with van der Waals surface area (Å²) in [6.07, 6.45) is 0. The summed E-state index contributed by atoms with van der Waals surface area (Å²) in [5.41, 5.74) is 9.50. The zero-order chi connectivity index (χ0) is 15.5. The molecule has 0 unspecified atom stereocenters. The molecule has 21 heavy (non-hydrogen) atoms. The third kappa shape index (κ3) is 3.40. The van der Waals surface area contributed by atoms with Crippen LogP contribution in [0.25, 0.3) is 5.53 Å². The summed E-state index contributed by atoms with van der Waals surface area (Å²) in [7, 11) is -2.36. The highest BCUT2D eigenvalue weighted by atomic mass is 32.2. The molecule has 0 aromatic heterocycles. The number of sulfonamides is 1. The summed E-state index contributed by atoms with van der Waals surface area (Å²) in [6.45, 7) is 1.58. The molecule has 0 bridgehead atoms. The summed E-state index contributed by atoms with van der Waals surface area (Å²) in [5.74, 6) is 0.572. The lowest BCUT2D eigenvalue weighted by Crippen LogP contribution is -2.33. The van der Waals surface area contributed by atoms with Crippen LogP contribution in [0, 0.1) is 0 Å². The van der Waals surface area contributed by atoms with E-state index >= 15 is 0 Å². The van der Waals surface area contributed by atoms with E-state index in [0.29, 0.717) is 5.75 Å². The fraction of sp³-hybridized carbons (Fsp3) is 0.250. The van der Waals surface area contributed by atoms with E-state index in [2.05, 4.69) is 19.5 Å². The van der Waals surface area contributed by atoms with E-state index in [0.717, 1.165) is 5.56 Å². The number of benzene rings is 1. The molecule has 1 aliphatic heterocycles. The summed E-state index contributed by atoms with van der Waals surface area (Å²) >= 11 is 0. The second-order valence-corrected chi connectivity index (χ2v) is 5.85. The number of rotatable bonds is 4. The molecular formula is C12H13N5O3S. The Morgan fingerprint density at radius 1 is 1.29 bits per heavy atom. The molecular weight excluding hydrogens is 294 g/mol. The van der Waals surface area contributed by atoms with Gasteiger partial charge in [-0.05, 0) is 22.7 Å². The molecule has 0 atom stereocenters. The molecule has 1 aromatic carbocycles. The van der Waals surface area contributed by atoms with E-state index in [1.807, 2.05) is 0 Å². The summed E-state index contributed by atoms with van der Waals surface area (Å²) in [6, 6.07) is 6.93. The van der Waals surface area contributed by atoms with Crippen LogP contribution >= 0.6 is 0 Å². The summed E-state index contributed by atoms with van der Waals surface area (Å²) < 4.78 is 31.6. The SMILES string of the molecule is COc1ccc(CNS(=O)(=O)C2=NC(C)=NC2=[N+]=[N-])cc1. The number of aliphatic imine (C=N–C) groups is 2. The number of ether oxygens (including phenoxy) is 1. The Hall–Kier alpha value is -2.35. The van der Waals surface area contributed by atoms with Crippen LogP contribution < -0.4 is 9.46 Å². The van der Waals surface area contributed by atoms with Crippen molar-refractivity contribution in [3.8, 4) is 5.75 Å². The van der Waals surface area contributed by atoms with Crippen molar-refractivity contribution in [2.75, 3.05) is 7.11 Å². The van der Waals surface area contributed by atoms with Gasteiger partial charge in [0.15, 0.2) is 0 Å². The predicted molar refractivity (Wildman–Crippen MR) is 77.9 cm³/mol. The van der Waals surface area contributed by atoms with E-state index in [1.165, 1.54) is 6.92 Å². The molecule has 0 fully saturated rings. The molecule has 0 saturated carbocycles. The molecule has 2 rings (SSSR count). The zero-order valence-electron chi connectivity index (χ0n) is 11.4. The van der Waals surface area contributed by atoms with Crippen molar-refractivity contribution in [3.05, 3.63) is 35.4 Å². The van der Waals surface area contributed by atoms with E-state index in [9.17, 15) is 8.42 Å². The monoisotopic (exact) mass is 307 g/mol. The lowest BCUT2D eigenvalue weighted by molar-refractivity contribution is -0.00256. The molecule has 1 aliphatic rings. The van der Waals surface area contributed by atoms with Gasteiger partial charge in [-0.25, -0.2) is 13.1 Å². The van der Waals surface area contributed by atoms with Crippen molar-refractivity contribution in [2.24, 2.45) is 9.98 Å². The maximum atomic E-state index is 12.1. The van der Waals surface area contributed by atoms with E-state index in [1.54, 1.807) is 31.4 Å². The molecule has 0 spiro atoms. The van der Waals surface area contributed by atoms with Crippen molar-refractivity contribution in [3.63, 3.8) is 0 Å². The second kappa shape index (κ2) is 5.96. The van der Waals surface area contributed by atoms with Crippen LogP contribution in [0.1, 0.15) is 12.5 Å². The highest BCUT2D eigenvalue weighted by Crippen LogP contribution is 2.12. The lowest BCUT2D eigenvalue weighted by atomic mass is 10.2. The fourth-order valence-electron chi connectivity index (χ4n) is 1.66. The number of nitrogens with one attached hydrogen (secondary N) is 1. The van der Waals surface area contributed by atoms with E-state index in [-0.39, 0.29) is 18.2 Å². The molecule has 0 radical (unpaired) electrons. The minimum Gasteiger partial charge on any atom is -0.497 e. The van der Waals surface area contributed by atoms with Crippen LogP contribution in [0.5, 0.6) is 5.75 Å². The van der Waals surface area contributed by atoms with Gasteiger partial charge in [0.25, 0.3) is 15.1 Å². The van der Waals surface area contributed by atoms with Crippen LogP contribution in [0.4, 0.5) is 0 Å². The van der Waals surface area contributed by atoms with Crippen molar-refractivity contribution in [1.82, 2.24) is 4.72 Å². The van der Waals surface area contributed by atoms with Crippen molar-refractivity contribution in [1.29, 1.82) is 0 Å². The molecule has 1 heterocycles.